The molecule has 0 fully saturated rings. The smallest absolute Gasteiger partial charge is 0.308 e. The first kappa shape index (κ1) is 18.3. The van der Waals surface area contributed by atoms with Crippen LogP contribution >= 0.6 is 23.2 Å². The summed E-state index contributed by atoms with van der Waals surface area (Å²) in [6.07, 6.45) is 0. The van der Waals surface area contributed by atoms with Gasteiger partial charge in [0.15, 0.2) is 5.75 Å². The van der Waals surface area contributed by atoms with Gasteiger partial charge < -0.3 is 9.64 Å². The molecule has 5 heteroatoms. The van der Waals surface area contributed by atoms with Gasteiger partial charge in [0.25, 0.3) is 0 Å². The van der Waals surface area contributed by atoms with Gasteiger partial charge in [-0.25, -0.2) is 0 Å². The Hall–Kier alpha value is -2.49. The molecule has 0 N–H and O–H groups in total. The first-order valence-corrected chi connectivity index (χ1v) is 8.85. The first-order valence-electron chi connectivity index (χ1n) is 8.09. The van der Waals surface area contributed by atoms with Crippen molar-refractivity contribution in [1.82, 2.24) is 0 Å². The van der Waals surface area contributed by atoms with Crippen molar-refractivity contribution in [3.8, 4) is 5.75 Å². The number of carbonyl (C=O) groups is 1. The molecule has 3 rings (SSSR count). The molecule has 0 spiro atoms. The van der Waals surface area contributed by atoms with Crippen molar-refractivity contribution in [2.75, 3.05) is 4.90 Å². The fourth-order valence-corrected chi connectivity index (χ4v) is 3.32. The number of nitrogens with zero attached hydrogens (tertiary/aromatic N) is 1. The highest BCUT2D eigenvalue weighted by Crippen LogP contribution is 2.42. The zero-order chi connectivity index (χ0) is 18.5. The van der Waals surface area contributed by atoms with Crippen LogP contribution in [0, 0.1) is 0 Å². The van der Waals surface area contributed by atoms with Crippen molar-refractivity contribution >= 4 is 40.5 Å². The van der Waals surface area contributed by atoms with E-state index in [1.54, 1.807) is 24.3 Å². The summed E-state index contributed by atoms with van der Waals surface area (Å²) in [5.74, 6) is 0.0642. The second-order valence-electron chi connectivity index (χ2n) is 5.70. The molecule has 0 aliphatic carbocycles. The second-order valence-corrected chi connectivity index (χ2v) is 6.52. The van der Waals surface area contributed by atoms with Gasteiger partial charge in [0.2, 0.25) is 0 Å². The second kappa shape index (κ2) is 8.26. The Balaban J connectivity index is 2.14. The molecule has 0 unspecified atom stereocenters. The minimum atomic E-state index is -0.387. The quantitative estimate of drug-likeness (QED) is 0.383. The molecule has 0 bridgehead atoms. The topological polar surface area (TPSA) is 29.5 Å². The van der Waals surface area contributed by atoms with Crippen molar-refractivity contribution in [2.45, 2.75) is 13.5 Å². The monoisotopic (exact) mass is 385 g/mol. The lowest BCUT2D eigenvalue weighted by Gasteiger charge is -2.28. The summed E-state index contributed by atoms with van der Waals surface area (Å²) in [6, 6.07) is 22.6. The number of carbonyl (C=O) groups excluding carboxylic acids is 1. The zero-order valence-electron chi connectivity index (χ0n) is 14.2. The summed E-state index contributed by atoms with van der Waals surface area (Å²) >= 11 is 12.9. The van der Waals surface area contributed by atoms with Crippen molar-refractivity contribution in [2.24, 2.45) is 0 Å². The molecular weight excluding hydrogens is 369 g/mol. The van der Waals surface area contributed by atoms with Crippen molar-refractivity contribution in [1.29, 1.82) is 0 Å². The molecular formula is C21H17Cl2NO2. The van der Waals surface area contributed by atoms with E-state index >= 15 is 0 Å². The lowest BCUT2D eigenvalue weighted by atomic mass is 10.1. The molecule has 0 heterocycles. The summed E-state index contributed by atoms with van der Waals surface area (Å²) in [4.78, 5) is 13.5. The van der Waals surface area contributed by atoms with Crippen LogP contribution in [0.4, 0.5) is 11.4 Å². The van der Waals surface area contributed by atoms with E-state index in [9.17, 15) is 4.79 Å². The first-order chi connectivity index (χ1) is 12.6. The number of esters is 1. The third-order valence-corrected chi connectivity index (χ3v) is 4.41. The summed E-state index contributed by atoms with van der Waals surface area (Å²) in [5, 5.41) is 1.04. The van der Waals surface area contributed by atoms with Crippen LogP contribution in [-0.2, 0) is 11.3 Å². The standard InChI is InChI=1S/C21H17Cl2NO2/c1-15(25)26-20-13-6-5-12-19(20)24(14-16-8-3-2-4-9-16)21-17(22)10-7-11-18(21)23/h2-13H,14H2,1H3. The summed E-state index contributed by atoms with van der Waals surface area (Å²) in [5.41, 5.74) is 2.45. The van der Waals surface area contributed by atoms with Crippen LogP contribution < -0.4 is 9.64 Å². The van der Waals surface area contributed by atoms with Gasteiger partial charge in [0.05, 0.1) is 21.4 Å². The molecule has 26 heavy (non-hydrogen) atoms. The fraction of sp³-hybridized carbons (Fsp3) is 0.0952. The highest BCUT2D eigenvalue weighted by atomic mass is 35.5. The minimum absolute atomic E-state index is 0.387. The Morgan fingerprint density at radius 3 is 2.15 bits per heavy atom. The van der Waals surface area contributed by atoms with Crippen LogP contribution in [0.3, 0.4) is 0 Å². The molecule has 3 aromatic carbocycles. The van der Waals surface area contributed by atoms with E-state index in [0.717, 1.165) is 5.56 Å². The van der Waals surface area contributed by atoms with Crippen LogP contribution in [0.15, 0.2) is 72.8 Å². The Kier molecular flexibility index (Phi) is 5.82. The van der Waals surface area contributed by atoms with Crippen molar-refractivity contribution in [3.63, 3.8) is 0 Å². The summed E-state index contributed by atoms with van der Waals surface area (Å²) in [6.45, 7) is 1.89. The Morgan fingerprint density at radius 2 is 1.50 bits per heavy atom. The van der Waals surface area contributed by atoms with Crippen LogP contribution in [0.1, 0.15) is 12.5 Å². The number of halogens is 2. The maximum absolute atomic E-state index is 11.5. The van der Waals surface area contributed by atoms with E-state index in [2.05, 4.69) is 0 Å². The highest BCUT2D eigenvalue weighted by molar-refractivity contribution is 6.39. The van der Waals surface area contributed by atoms with Gasteiger partial charge in [-0.2, -0.15) is 0 Å². The Morgan fingerprint density at radius 1 is 0.885 bits per heavy atom. The SMILES string of the molecule is CC(=O)Oc1ccccc1N(Cc1ccccc1)c1c(Cl)cccc1Cl. The minimum Gasteiger partial charge on any atom is -0.424 e. The third-order valence-electron chi connectivity index (χ3n) is 3.80. The van der Waals surface area contributed by atoms with Crippen LogP contribution in [-0.4, -0.2) is 5.97 Å². The van der Waals surface area contributed by atoms with Gasteiger partial charge in [-0.15, -0.1) is 0 Å². The number of para-hydroxylation sites is 3. The molecule has 132 valence electrons. The predicted octanol–water partition coefficient (Wildman–Crippen LogP) is 6.26. The van der Waals surface area contributed by atoms with Gasteiger partial charge in [-0.3, -0.25) is 4.79 Å². The van der Waals surface area contributed by atoms with Crippen LogP contribution in [0.5, 0.6) is 5.75 Å². The van der Waals surface area contributed by atoms with Crippen molar-refractivity contribution in [3.05, 3.63) is 88.4 Å². The maximum Gasteiger partial charge on any atom is 0.308 e. The molecule has 0 saturated heterocycles. The molecule has 3 nitrogen and oxygen atoms in total. The number of ether oxygens (including phenoxy) is 1. The molecule has 0 aliphatic rings. The highest BCUT2D eigenvalue weighted by Gasteiger charge is 2.20. The van der Waals surface area contributed by atoms with Crippen molar-refractivity contribution < 1.29 is 9.53 Å². The van der Waals surface area contributed by atoms with Gasteiger partial charge in [-0.1, -0.05) is 71.7 Å². The summed E-state index contributed by atoms with van der Waals surface area (Å²) in [7, 11) is 0. The molecule has 0 saturated carbocycles. The third kappa shape index (κ3) is 4.18. The largest absolute Gasteiger partial charge is 0.424 e. The lowest BCUT2D eigenvalue weighted by Crippen LogP contribution is -2.19. The maximum atomic E-state index is 11.5. The molecule has 0 aromatic heterocycles. The van der Waals surface area contributed by atoms with Gasteiger partial charge in [0.1, 0.15) is 0 Å². The normalized spacial score (nSPS) is 10.4. The van der Waals surface area contributed by atoms with E-state index in [4.69, 9.17) is 27.9 Å². The van der Waals surface area contributed by atoms with Gasteiger partial charge >= 0.3 is 5.97 Å². The molecule has 3 aromatic rings. The summed E-state index contributed by atoms with van der Waals surface area (Å²) < 4.78 is 5.40. The van der Waals surface area contributed by atoms with Crippen LogP contribution in [0.2, 0.25) is 10.0 Å². The average Bonchev–Trinajstić information content (AvgIpc) is 2.62. The molecule has 0 atom stereocenters. The van der Waals surface area contributed by atoms with E-state index in [1.165, 1.54) is 6.92 Å². The van der Waals surface area contributed by atoms with Gasteiger partial charge in [-0.05, 0) is 29.8 Å². The van der Waals surface area contributed by atoms with E-state index in [0.29, 0.717) is 33.7 Å². The van der Waals surface area contributed by atoms with Crippen LogP contribution in [0.25, 0.3) is 0 Å². The van der Waals surface area contributed by atoms with Gasteiger partial charge in [0, 0.05) is 13.5 Å². The number of anilines is 2. The predicted molar refractivity (Wildman–Crippen MR) is 106 cm³/mol. The fourth-order valence-electron chi connectivity index (χ4n) is 2.72. The Bertz CT molecular complexity index is 893. The molecule has 0 aliphatic heterocycles. The number of hydrogen-bond donors (Lipinski definition) is 0. The molecule has 0 radical (unpaired) electrons. The lowest BCUT2D eigenvalue weighted by molar-refractivity contribution is -0.131. The Labute approximate surface area is 162 Å². The van der Waals surface area contributed by atoms with E-state index in [1.807, 2.05) is 53.4 Å². The van der Waals surface area contributed by atoms with E-state index < -0.39 is 0 Å². The zero-order valence-corrected chi connectivity index (χ0v) is 15.7. The number of benzene rings is 3. The number of rotatable bonds is 5. The molecule has 0 amide bonds. The average molecular weight is 386 g/mol. The number of hydrogen-bond acceptors (Lipinski definition) is 3. The van der Waals surface area contributed by atoms with E-state index in [-0.39, 0.29) is 5.97 Å².